The smallest absolute Gasteiger partial charge is 0.119 e. The molecule has 0 aliphatic heterocycles. The van der Waals surface area contributed by atoms with Crippen LogP contribution in [-0.4, -0.2) is 12.1 Å². The molecule has 0 radical (unpaired) electrons. The van der Waals surface area contributed by atoms with Crippen LogP contribution in [0.5, 0.6) is 5.75 Å². The van der Waals surface area contributed by atoms with Crippen molar-refractivity contribution < 1.29 is 4.74 Å². The molecule has 2 atom stereocenters. The summed E-state index contributed by atoms with van der Waals surface area (Å²) < 4.78 is 5.67. The van der Waals surface area contributed by atoms with Gasteiger partial charge in [0.25, 0.3) is 0 Å². The first-order valence-corrected chi connectivity index (χ1v) is 7.57. The second-order valence-electron chi connectivity index (χ2n) is 6.20. The number of hydrogen-bond acceptors (Lipinski definition) is 2. The molecule has 2 rings (SSSR count). The summed E-state index contributed by atoms with van der Waals surface area (Å²) in [4.78, 5) is 0. The van der Waals surface area contributed by atoms with Crippen molar-refractivity contribution in [3.8, 4) is 5.75 Å². The van der Waals surface area contributed by atoms with Crippen molar-refractivity contribution in [2.75, 3.05) is 0 Å². The van der Waals surface area contributed by atoms with E-state index in [-0.39, 0.29) is 6.10 Å². The first-order valence-electron chi connectivity index (χ1n) is 7.57. The molecule has 19 heavy (non-hydrogen) atoms. The Morgan fingerprint density at radius 2 is 1.74 bits per heavy atom. The third-order valence-corrected chi connectivity index (χ3v) is 3.67. The molecule has 1 aromatic carbocycles. The molecule has 1 saturated carbocycles. The van der Waals surface area contributed by atoms with E-state index in [1.165, 1.54) is 24.8 Å². The van der Waals surface area contributed by atoms with Gasteiger partial charge in [0.05, 0.1) is 6.10 Å². The zero-order chi connectivity index (χ0) is 13.8. The molecule has 0 bridgehead atoms. The zero-order valence-electron chi connectivity index (χ0n) is 12.6. The number of nitrogens with one attached hydrogen (secondary N) is 1. The summed E-state index contributed by atoms with van der Waals surface area (Å²) in [6.45, 7) is 8.64. The maximum Gasteiger partial charge on any atom is 0.119 e. The highest BCUT2D eigenvalue weighted by Gasteiger charge is 2.24. The number of benzene rings is 1. The van der Waals surface area contributed by atoms with Crippen molar-refractivity contribution in [1.29, 1.82) is 0 Å². The molecule has 1 N–H and O–H groups in total. The maximum atomic E-state index is 5.67. The van der Waals surface area contributed by atoms with Crippen LogP contribution in [0, 0.1) is 5.92 Å². The summed E-state index contributed by atoms with van der Waals surface area (Å²) in [5.74, 6) is 1.94. The average Bonchev–Trinajstić information content (AvgIpc) is 3.12. The van der Waals surface area contributed by atoms with E-state index in [9.17, 15) is 0 Å². The van der Waals surface area contributed by atoms with Crippen LogP contribution in [0.4, 0.5) is 0 Å². The van der Waals surface area contributed by atoms with Gasteiger partial charge in [-0.15, -0.1) is 0 Å². The molecule has 0 amide bonds. The van der Waals surface area contributed by atoms with Gasteiger partial charge in [0, 0.05) is 12.1 Å². The second kappa shape index (κ2) is 6.42. The number of rotatable bonds is 7. The average molecular weight is 261 g/mol. The van der Waals surface area contributed by atoms with Crippen LogP contribution < -0.4 is 10.1 Å². The Labute approximate surface area is 117 Å². The molecular weight excluding hydrogens is 234 g/mol. The molecule has 2 heteroatoms. The minimum absolute atomic E-state index is 0.236. The molecule has 106 valence electrons. The molecule has 1 aliphatic rings. The summed E-state index contributed by atoms with van der Waals surface area (Å²) in [6.07, 6.45) is 4.42. The summed E-state index contributed by atoms with van der Waals surface area (Å²) in [5.41, 5.74) is 1.33. The van der Waals surface area contributed by atoms with Crippen LogP contribution in [0.1, 0.15) is 58.6 Å². The van der Waals surface area contributed by atoms with Gasteiger partial charge in [-0.1, -0.05) is 25.0 Å². The Morgan fingerprint density at radius 3 is 2.26 bits per heavy atom. The summed E-state index contributed by atoms with van der Waals surface area (Å²) in [7, 11) is 0. The van der Waals surface area contributed by atoms with Crippen molar-refractivity contribution in [3.05, 3.63) is 29.8 Å². The van der Waals surface area contributed by atoms with Crippen molar-refractivity contribution in [2.24, 2.45) is 5.92 Å². The Bertz CT molecular complexity index is 381. The normalized spacial score (nSPS) is 18.4. The van der Waals surface area contributed by atoms with Gasteiger partial charge < -0.3 is 10.1 Å². The van der Waals surface area contributed by atoms with E-state index in [1.807, 2.05) is 0 Å². The Hall–Kier alpha value is -1.02. The van der Waals surface area contributed by atoms with Crippen LogP contribution in [-0.2, 0) is 0 Å². The zero-order valence-corrected chi connectivity index (χ0v) is 12.6. The van der Waals surface area contributed by atoms with E-state index in [0.717, 1.165) is 11.7 Å². The molecule has 0 aromatic heterocycles. The Balaban J connectivity index is 1.85. The van der Waals surface area contributed by atoms with Gasteiger partial charge in [0.1, 0.15) is 5.75 Å². The third-order valence-electron chi connectivity index (χ3n) is 3.67. The summed E-state index contributed by atoms with van der Waals surface area (Å²) >= 11 is 0. The Morgan fingerprint density at radius 1 is 1.11 bits per heavy atom. The van der Waals surface area contributed by atoms with Crippen LogP contribution in [0.25, 0.3) is 0 Å². The van der Waals surface area contributed by atoms with E-state index < -0.39 is 0 Å². The van der Waals surface area contributed by atoms with Gasteiger partial charge >= 0.3 is 0 Å². The summed E-state index contributed by atoms with van der Waals surface area (Å²) in [5, 5.41) is 3.69. The molecular formula is C17H27NO. The van der Waals surface area contributed by atoms with Crippen molar-refractivity contribution in [3.63, 3.8) is 0 Å². The standard InChI is InChI=1S/C17H27NO/c1-12(2)19-17-9-7-16(8-10-17)14(4)18-13(3)11-15-5-6-15/h7-10,12-15,18H,5-6,11H2,1-4H3. The van der Waals surface area contributed by atoms with E-state index in [4.69, 9.17) is 4.74 Å². The first kappa shape index (κ1) is 14.4. The largest absolute Gasteiger partial charge is 0.491 e. The maximum absolute atomic E-state index is 5.67. The van der Waals surface area contributed by atoms with E-state index in [0.29, 0.717) is 12.1 Å². The lowest BCUT2D eigenvalue weighted by Crippen LogP contribution is -2.29. The molecule has 0 heterocycles. The minimum atomic E-state index is 0.236. The highest BCUT2D eigenvalue weighted by molar-refractivity contribution is 5.29. The van der Waals surface area contributed by atoms with Crippen LogP contribution in [0.3, 0.4) is 0 Å². The predicted octanol–water partition coefficient (Wildman–Crippen LogP) is 4.31. The van der Waals surface area contributed by atoms with Crippen molar-refractivity contribution >= 4 is 0 Å². The lowest BCUT2D eigenvalue weighted by Gasteiger charge is -2.20. The molecule has 1 aromatic rings. The second-order valence-corrected chi connectivity index (χ2v) is 6.20. The van der Waals surface area contributed by atoms with E-state index >= 15 is 0 Å². The molecule has 1 aliphatic carbocycles. The number of ether oxygens (including phenoxy) is 1. The van der Waals surface area contributed by atoms with Gasteiger partial charge in [-0.3, -0.25) is 0 Å². The fourth-order valence-corrected chi connectivity index (χ4v) is 2.55. The highest BCUT2D eigenvalue weighted by Crippen LogP contribution is 2.33. The quantitative estimate of drug-likeness (QED) is 0.789. The lowest BCUT2D eigenvalue weighted by molar-refractivity contribution is 0.242. The van der Waals surface area contributed by atoms with Gasteiger partial charge in [-0.05, 0) is 57.7 Å². The fraction of sp³-hybridized carbons (Fsp3) is 0.647. The first-order chi connectivity index (χ1) is 9.04. The molecule has 2 unspecified atom stereocenters. The molecule has 1 fully saturated rings. The van der Waals surface area contributed by atoms with Crippen LogP contribution in [0.15, 0.2) is 24.3 Å². The van der Waals surface area contributed by atoms with Crippen LogP contribution >= 0.6 is 0 Å². The minimum Gasteiger partial charge on any atom is -0.491 e. The molecule has 0 spiro atoms. The number of hydrogen-bond donors (Lipinski definition) is 1. The SMILES string of the molecule is CC(CC1CC1)NC(C)c1ccc(OC(C)C)cc1. The lowest BCUT2D eigenvalue weighted by atomic mass is 10.1. The van der Waals surface area contributed by atoms with Gasteiger partial charge in [-0.2, -0.15) is 0 Å². The van der Waals surface area contributed by atoms with Crippen molar-refractivity contribution in [2.45, 2.75) is 65.1 Å². The van der Waals surface area contributed by atoms with Crippen molar-refractivity contribution in [1.82, 2.24) is 5.32 Å². The van der Waals surface area contributed by atoms with E-state index in [1.54, 1.807) is 0 Å². The fourth-order valence-electron chi connectivity index (χ4n) is 2.55. The van der Waals surface area contributed by atoms with E-state index in [2.05, 4.69) is 57.3 Å². The highest BCUT2D eigenvalue weighted by atomic mass is 16.5. The van der Waals surface area contributed by atoms with Gasteiger partial charge in [-0.25, -0.2) is 0 Å². The third kappa shape index (κ3) is 4.87. The van der Waals surface area contributed by atoms with Gasteiger partial charge in [0.15, 0.2) is 0 Å². The topological polar surface area (TPSA) is 21.3 Å². The molecule has 2 nitrogen and oxygen atoms in total. The van der Waals surface area contributed by atoms with Gasteiger partial charge in [0.2, 0.25) is 0 Å². The van der Waals surface area contributed by atoms with Crippen LogP contribution in [0.2, 0.25) is 0 Å². The molecule has 0 saturated heterocycles. The monoisotopic (exact) mass is 261 g/mol. The summed E-state index contributed by atoms with van der Waals surface area (Å²) in [6, 6.07) is 9.48. The predicted molar refractivity (Wildman–Crippen MR) is 80.6 cm³/mol. The Kier molecular flexibility index (Phi) is 4.87.